The molecule has 0 aromatic heterocycles. The van der Waals surface area contributed by atoms with E-state index in [1.54, 1.807) is 7.11 Å². The SMILES string of the molecule is CCSC1CCCCN(C(=O)CNCCOC)C1. The Balaban J connectivity index is 2.30. The number of likely N-dealkylation sites (tertiary alicyclic amines) is 1. The lowest BCUT2D eigenvalue weighted by Crippen LogP contribution is -2.41. The maximum Gasteiger partial charge on any atom is 0.236 e. The van der Waals surface area contributed by atoms with Crippen molar-refractivity contribution in [1.82, 2.24) is 10.2 Å². The van der Waals surface area contributed by atoms with E-state index < -0.39 is 0 Å². The Morgan fingerprint density at radius 2 is 2.33 bits per heavy atom. The first-order valence-corrected chi connectivity index (χ1v) is 7.91. The van der Waals surface area contributed by atoms with Gasteiger partial charge in [0, 0.05) is 32.0 Å². The molecule has 1 rings (SSSR count). The van der Waals surface area contributed by atoms with Crippen molar-refractivity contribution in [2.75, 3.05) is 45.6 Å². The molecule has 1 fully saturated rings. The predicted octanol–water partition coefficient (Wildman–Crippen LogP) is 1.36. The van der Waals surface area contributed by atoms with Gasteiger partial charge < -0.3 is 15.0 Å². The lowest BCUT2D eigenvalue weighted by Gasteiger charge is -2.24. The number of amides is 1. The molecule has 5 heteroatoms. The first-order valence-electron chi connectivity index (χ1n) is 6.87. The summed E-state index contributed by atoms with van der Waals surface area (Å²) in [6.07, 6.45) is 3.64. The van der Waals surface area contributed by atoms with Crippen molar-refractivity contribution in [1.29, 1.82) is 0 Å². The normalized spacial score (nSPS) is 20.8. The van der Waals surface area contributed by atoms with Gasteiger partial charge in [0.2, 0.25) is 5.91 Å². The van der Waals surface area contributed by atoms with Crippen LogP contribution in [-0.2, 0) is 9.53 Å². The van der Waals surface area contributed by atoms with E-state index in [1.807, 2.05) is 16.7 Å². The van der Waals surface area contributed by atoms with Crippen LogP contribution in [0.5, 0.6) is 0 Å². The number of thioether (sulfide) groups is 1. The highest BCUT2D eigenvalue weighted by Crippen LogP contribution is 2.21. The van der Waals surface area contributed by atoms with Crippen molar-refractivity contribution in [2.24, 2.45) is 0 Å². The highest BCUT2D eigenvalue weighted by Gasteiger charge is 2.21. The summed E-state index contributed by atoms with van der Waals surface area (Å²) in [5, 5.41) is 3.75. The van der Waals surface area contributed by atoms with E-state index in [0.717, 1.165) is 31.8 Å². The number of hydrogen-bond acceptors (Lipinski definition) is 4. The summed E-state index contributed by atoms with van der Waals surface area (Å²) in [6, 6.07) is 0. The highest BCUT2D eigenvalue weighted by atomic mass is 32.2. The Labute approximate surface area is 115 Å². The van der Waals surface area contributed by atoms with E-state index in [9.17, 15) is 4.79 Å². The number of nitrogens with one attached hydrogen (secondary N) is 1. The summed E-state index contributed by atoms with van der Waals surface area (Å²) in [7, 11) is 1.67. The zero-order valence-corrected chi connectivity index (χ0v) is 12.4. The fourth-order valence-corrected chi connectivity index (χ4v) is 3.27. The Bertz CT molecular complexity index is 239. The molecule has 0 bridgehead atoms. The summed E-state index contributed by atoms with van der Waals surface area (Å²) in [5.41, 5.74) is 0. The van der Waals surface area contributed by atoms with E-state index in [0.29, 0.717) is 18.4 Å². The van der Waals surface area contributed by atoms with Crippen LogP contribution in [0.1, 0.15) is 26.2 Å². The Kier molecular flexibility index (Phi) is 8.46. The molecule has 0 aliphatic carbocycles. The molecule has 18 heavy (non-hydrogen) atoms. The van der Waals surface area contributed by atoms with Gasteiger partial charge in [-0.25, -0.2) is 0 Å². The molecule has 0 aromatic carbocycles. The minimum atomic E-state index is 0.231. The van der Waals surface area contributed by atoms with Crippen LogP contribution >= 0.6 is 11.8 Å². The molecule has 1 atom stereocenters. The fourth-order valence-electron chi connectivity index (χ4n) is 2.18. The maximum atomic E-state index is 12.1. The van der Waals surface area contributed by atoms with Gasteiger partial charge in [-0.15, -0.1) is 0 Å². The number of carbonyl (C=O) groups is 1. The van der Waals surface area contributed by atoms with E-state index in [-0.39, 0.29) is 5.91 Å². The van der Waals surface area contributed by atoms with Gasteiger partial charge in [-0.2, -0.15) is 11.8 Å². The van der Waals surface area contributed by atoms with Crippen molar-refractivity contribution in [3.8, 4) is 0 Å². The van der Waals surface area contributed by atoms with Gasteiger partial charge in [0.1, 0.15) is 0 Å². The monoisotopic (exact) mass is 274 g/mol. The van der Waals surface area contributed by atoms with Crippen molar-refractivity contribution in [3.05, 3.63) is 0 Å². The van der Waals surface area contributed by atoms with Crippen LogP contribution in [0.4, 0.5) is 0 Å². The van der Waals surface area contributed by atoms with Crippen LogP contribution in [-0.4, -0.2) is 61.7 Å². The maximum absolute atomic E-state index is 12.1. The molecular formula is C13H26N2O2S. The van der Waals surface area contributed by atoms with Crippen LogP contribution in [0, 0.1) is 0 Å². The largest absolute Gasteiger partial charge is 0.383 e. The molecule has 1 N–H and O–H groups in total. The zero-order chi connectivity index (χ0) is 13.2. The van der Waals surface area contributed by atoms with Gasteiger partial charge in [-0.05, 0) is 18.6 Å². The van der Waals surface area contributed by atoms with Crippen LogP contribution in [0.3, 0.4) is 0 Å². The topological polar surface area (TPSA) is 41.6 Å². The Morgan fingerprint density at radius 1 is 1.50 bits per heavy atom. The summed E-state index contributed by atoms with van der Waals surface area (Å²) < 4.78 is 4.95. The van der Waals surface area contributed by atoms with E-state index >= 15 is 0 Å². The van der Waals surface area contributed by atoms with Crippen LogP contribution in [0.15, 0.2) is 0 Å². The second-order valence-corrected chi connectivity index (χ2v) is 6.16. The average molecular weight is 274 g/mol. The number of methoxy groups -OCH3 is 1. The molecule has 1 saturated heterocycles. The molecule has 1 aliphatic rings. The fraction of sp³-hybridized carbons (Fsp3) is 0.923. The molecule has 0 saturated carbocycles. The standard InChI is InChI=1S/C13H26N2O2S/c1-3-18-12-6-4-5-8-15(11-12)13(16)10-14-7-9-17-2/h12,14H,3-11H2,1-2H3. The van der Waals surface area contributed by atoms with E-state index in [1.165, 1.54) is 12.8 Å². The third-order valence-corrected chi connectivity index (χ3v) is 4.33. The van der Waals surface area contributed by atoms with Crippen LogP contribution < -0.4 is 5.32 Å². The first-order chi connectivity index (χ1) is 8.77. The van der Waals surface area contributed by atoms with Crippen LogP contribution in [0.2, 0.25) is 0 Å². The number of rotatable bonds is 7. The third-order valence-electron chi connectivity index (χ3n) is 3.14. The molecule has 1 amide bonds. The van der Waals surface area contributed by atoms with E-state index in [2.05, 4.69) is 12.2 Å². The molecule has 0 spiro atoms. The summed E-state index contributed by atoms with van der Waals surface area (Å²) >= 11 is 1.98. The molecule has 106 valence electrons. The van der Waals surface area contributed by atoms with E-state index in [4.69, 9.17) is 4.74 Å². The Morgan fingerprint density at radius 3 is 3.06 bits per heavy atom. The van der Waals surface area contributed by atoms with Crippen molar-refractivity contribution >= 4 is 17.7 Å². The van der Waals surface area contributed by atoms with Gasteiger partial charge in [-0.3, -0.25) is 4.79 Å². The lowest BCUT2D eigenvalue weighted by molar-refractivity contribution is -0.130. The number of ether oxygens (including phenoxy) is 1. The Hall–Kier alpha value is -0.260. The molecule has 1 aliphatic heterocycles. The molecule has 0 radical (unpaired) electrons. The molecular weight excluding hydrogens is 248 g/mol. The van der Waals surface area contributed by atoms with Crippen molar-refractivity contribution in [2.45, 2.75) is 31.4 Å². The second kappa shape index (κ2) is 9.64. The predicted molar refractivity (Wildman–Crippen MR) is 77.1 cm³/mol. The number of nitrogens with zero attached hydrogens (tertiary/aromatic N) is 1. The van der Waals surface area contributed by atoms with Gasteiger partial charge >= 0.3 is 0 Å². The lowest BCUT2D eigenvalue weighted by atomic mass is 10.2. The number of hydrogen-bond donors (Lipinski definition) is 1. The quantitative estimate of drug-likeness (QED) is 0.712. The summed E-state index contributed by atoms with van der Waals surface area (Å²) in [4.78, 5) is 14.1. The van der Waals surface area contributed by atoms with Gasteiger partial charge in [0.05, 0.1) is 13.2 Å². The third kappa shape index (κ3) is 6.07. The molecule has 1 unspecified atom stereocenters. The first kappa shape index (κ1) is 15.8. The molecule has 4 nitrogen and oxygen atoms in total. The zero-order valence-electron chi connectivity index (χ0n) is 11.6. The minimum Gasteiger partial charge on any atom is -0.383 e. The highest BCUT2D eigenvalue weighted by molar-refractivity contribution is 7.99. The van der Waals surface area contributed by atoms with Crippen molar-refractivity contribution in [3.63, 3.8) is 0 Å². The molecule has 1 heterocycles. The summed E-state index contributed by atoms with van der Waals surface area (Å²) in [6.45, 7) is 5.86. The van der Waals surface area contributed by atoms with Crippen LogP contribution in [0.25, 0.3) is 0 Å². The van der Waals surface area contributed by atoms with Gasteiger partial charge in [0.25, 0.3) is 0 Å². The molecule has 0 aromatic rings. The smallest absolute Gasteiger partial charge is 0.236 e. The minimum absolute atomic E-state index is 0.231. The van der Waals surface area contributed by atoms with Gasteiger partial charge in [0.15, 0.2) is 0 Å². The number of carbonyl (C=O) groups excluding carboxylic acids is 1. The average Bonchev–Trinajstić information content (AvgIpc) is 2.60. The van der Waals surface area contributed by atoms with Gasteiger partial charge in [-0.1, -0.05) is 13.3 Å². The van der Waals surface area contributed by atoms with Crippen molar-refractivity contribution < 1.29 is 9.53 Å². The second-order valence-electron chi connectivity index (χ2n) is 4.58. The summed E-state index contributed by atoms with van der Waals surface area (Å²) in [5.74, 6) is 1.37.